The number of halogens is 1. The summed E-state index contributed by atoms with van der Waals surface area (Å²) in [5.41, 5.74) is 2.51. The zero-order valence-electron chi connectivity index (χ0n) is 19.4. The Bertz CT molecular complexity index is 981. The van der Waals surface area contributed by atoms with Gasteiger partial charge < -0.3 is 20.7 Å². The molecule has 2 aromatic heterocycles. The van der Waals surface area contributed by atoms with Gasteiger partial charge in [-0.15, -0.1) is 0 Å². The highest BCUT2D eigenvalue weighted by Crippen LogP contribution is 2.44. The number of nitriles is 1. The topological polar surface area (TPSA) is 94.9 Å². The van der Waals surface area contributed by atoms with Crippen LogP contribution in [0.1, 0.15) is 45.4 Å². The van der Waals surface area contributed by atoms with Crippen LogP contribution in [0.2, 0.25) is 5.02 Å². The molecule has 2 aliphatic rings. The van der Waals surface area contributed by atoms with Crippen LogP contribution in [0.4, 0.5) is 11.5 Å². The number of methoxy groups -OCH3 is 1. The quantitative estimate of drug-likeness (QED) is 0.458. The first-order valence-electron chi connectivity index (χ1n) is 11.8. The Labute approximate surface area is 201 Å². The molecule has 8 heteroatoms. The van der Waals surface area contributed by atoms with Gasteiger partial charge in [-0.25, -0.2) is 4.98 Å². The standard InChI is InChI=1S/C25H33ClN6O/c1-17(14-33-2)31-19-3-5-20(6-4-19)32-24-10-22(23(26)13-29-24)18-9-21(12-28-11-18)30-16-25(15-27)7-8-25/h9-13,17,19-20,30-31H,3-8,14,16H2,1-2H3,(H,29,32)/t17-,19-,20-/m0/s1. The number of nitrogens with one attached hydrogen (secondary N) is 3. The fourth-order valence-corrected chi connectivity index (χ4v) is 4.70. The Kier molecular flexibility index (Phi) is 7.69. The molecule has 1 atom stereocenters. The summed E-state index contributed by atoms with van der Waals surface area (Å²) >= 11 is 6.50. The van der Waals surface area contributed by atoms with E-state index in [0.717, 1.165) is 67.8 Å². The van der Waals surface area contributed by atoms with E-state index >= 15 is 0 Å². The molecule has 7 nitrogen and oxygen atoms in total. The number of hydrogen-bond acceptors (Lipinski definition) is 7. The molecule has 176 valence electrons. The normalized spacial score (nSPS) is 22.2. The van der Waals surface area contributed by atoms with E-state index in [1.54, 1.807) is 19.5 Å². The van der Waals surface area contributed by atoms with Crippen molar-refractivity contribution in [2.75, 3.05) is 30.9 Å². The predicted octanol–water partition coefficient (Wildman–Crippen LogP) is 4.86. The molecule has 2 heterocycles. The summed E-state index contributed by atoms with van der Waals surface area (Å²) < 4.78 is 5.23. The van der Waals surface area contributed by atoms with Crippen LogP contribution in [0.25, 0.3) is 11.1 Å². The molecule has 4 rings (SSSR count). The molecule has 2 fully saturated rings. The molecule has 0 bridgehead atoms. The van der Waals surface area contributed by atoms with Gasteiger partial charge in [0, 0.05) is 61.5 Å². The molecule has 2 aliphatic carbocycles. The van der Waals surface area contributed by atoms with E-state index in [4.69, 9.17) is 16.3 Å². The highest BCUT2D eigenvalue weighted by molar-refractivity contribution is 6.33. The van der Waals surface area contributed by atoms with Crippen molar-refractivity contribution in [3.8, 4) is 17.2 Å². The molecule has 2 aromatic rings. The lowest BCUT2D eigenvalue weighted by Gasteiger charge is -2.32. The Hall–Kier alpha value is -2.40. The molecular formula is C25H33ClN6O. The minimum atomic E-state index is -0.211. The number of aromatic nitrogens is 2. The summed E-state index contributed by atoms with van der Waals surface area (Å²) in [4.78, 5) is 8.89. The SMILES string of the molecule is COC[C@H](C)N[C@H]1CC[C@H](Nc2cc(-c3cncc(NCC4(C#N)CC4)c3)c(Cl)cn2)CC1. The molecule has 0 aliphatic heterocycles. The van der Waals surface area contributed by atoms with Gasteiger partial charge in [0.25, 0.3) is 0 Å². The van der Waals surface area contributed by atoms with Gasteiger partial charge in [-0.2, -0.15) is 5.26 Å². The Morgan fingerprint density at radius 1 is 1.18 bits per heavy atom. The molecule has 2 saturated carbocycles. The van der Waals surface area contributed by atoms with Gasteiger partial charge in [-0.3, -0.25) is 4.98 Å². The highest BCUT2D eigenvalue weighted by atomic mass is 35.5. The summed E-state index contributed by atoms with van der Waals surface area (Å²) in [5.74, 6) is 0.832. The third kappa shape index (κ3) is 6.35. The van der Waals surface area contributed by atoms with Gasteiger partial charge in [-0.1, -0.05) is 11.6 Å². The third-order valence-corrected chi connectivity index (χ3v) is 6.94. The van der Waals surface area contributed by atoms with Crippen molar-refractivity contribution in [2.24, 2.45) is 5.41 Å². The molecule has 0 unspecified atom stereocenters. The zero-order chi connectivity index (χ0) is 23.3. The van der Waals surface area contributed by atoms with Gasteiger partial charge >= 0.3 is 0 Å². The largest absolute Gasteiger partial charge is 0.383 e. The smallest absolute Gasteiger partial charge is 0.126 e. The first-order chi connectivity index (χ1) is 16.0. The number of anilines is 2. The maximum Gasteiger partial charge on any atom is 0.126 e. The second-order valence-corrected chi connectivity index (χ2v) is 9.88. The molecule has 3 N–H and O–H groups in total. The summed E-state index contributed by atoms with van der Waals surface area (Å²) in [6, 6.07) is 7.76. The molecule has 33 heavy (non-hydrogen) atoms. The summed E-state index contributed by atoms with van der Waals surface area (Å²) in [6.07, 6.45) is 11.7. The molecular weight excluding hydrogens is 436 g/mol. The van der Waals surface area contributed by atoms with E-state index in [1.165, 1.54) is 0 Å². The van der Waals surface area contributed by atoms with Crippen molar-refractivity contribution >= 4 is 23.1 Å². The van der Waals surface area contributed by atoms with Crippen LogP contribution in [0.15, 0.2) is 30.7 Å². The number of rotatable bonds is 10. The van der Waals surface area contributed by atoms with E-state index < -0.39 is 0 Å². The molecule has 0 radical (unpaired) electrons. The van der Waals surface area contributed by atoms with E-state index in [2.05, 4.69) is 38.9 Å². The van der Waals surface area contributed by atoms with E-state index in [-0.39, 0.29) is 5.41 Å². The van der Waals surface area contributed by atoms with E-state index in [9.17, 15) is 5.26 Å². The number of ether oxygens (including phenoxy) is 1. The maximum atomic E-state index is 9.30. The van der Waals surface area contributed by atoms with Crippen molar-refractivity contribution in [1.82, 2.24) is 15.3 Å². The van der Waals surface area contributed by atoms with Crippen LogP contribution in [-0.4, -0.2) is 48.4 Å². The number of nitrogens with zero attached hydrogens (tertiary/aromatic N) is 3. The first kappa shape index (κ1) is 23.7. The fourth-order valence-electron chi connectivity index (χ4n) is 4.49. The van der Waals surface area contributed by atoms with Crippen LogP contribution in [0.3, 0.4) is 0 Å². The summed E-state index contributed by atoms with van der Waals surface area (Å²) in [5, 5.41) is 20.5. The maximum absolute atomic E-state index is 9.30. The molecule has 0 saturated heterocycles. The van der Waals surface area contributed by atoms with Crippen LogP contribution < -0.4 is 16.0 Å². The Balaban J connectivity index is 1.37. The highest BCUT2D eigenvalue weighted by Gasteiger charge is 2.42. The molecule has 0 aromatic carbocycles. The van der Waals surface area contributed by atoms with Gasteiger partial charge in [0.05, 0.1) is 28.8 Å². The predicted molar refractivity (Wildman–Crippen MR) is 132 cm³/mol. The average Bonchev–Trinajstić information content (AvgIpc) is 3.61. The van der Waals surface area contributed by atoms with Crippen LogP contribution in [0, 0.1) is 16.7 Å². The van der Waals surface area contributed by atoms with Crippen LogP contribution in [-0.2, 0) is 4.74 Å². The molecule has 0 spiro atoms. The monoisotopic (exact) mass is 468 g/mol. The van der Waals surface area contributed by atoms with Crippen molar-refractivity contribution in [2.45, 2.75) is 63.6 Å². The zero-order valence-corrected chi connectivity index (χ0v) is 20.2. The summed E-state index contributed by atoms with van der Waals surface area (Å²) in [6.45, 7) is 3.55. The average molecular weight is 469 g/mol. The first-order valence-corrected chi connectivity index (χ1v) is 12.2. The van der Waals surface area contributed by atoms with Crippen LogP contribution >= 0.6 is 11.6 Å². The van der Waals surface area contributed by atoms with Gasteiger partial charge in [0.2, 0.25) is 0 Å². The van der Waals surface area contributed by atoms with E-state index in [0.29, 0.717) is 29.7 Å². The molecule has 0 amide bonds. The van der Waals surface area contributed by atoms with Crippen molar-refractivity contribution in [3.63, 3.8) is 0 Å². The second kappa shape index (κ2) is 10.7. The fraction of sp³-hybridized carbons (Fsp3) is 0.560. The van der Waals surface area contributed by atoms with Crippen molar-refractivity contribution in [1.29, 1.82) is 5.26 Å². The Morgan fingerprint density at radius 3 is 2.64 bits per heavy atom. The minimum Gasteiger partial charge on any atom is -0.383 e. The van der Waals surface area contributed by atoms with Crippen molar-refractivity contribution < 1.29 is 4.74 Å². The van der Waals surface area contributed by atoms with Gasteiger partial charge in [0.15, 0.2) is 0 Å². The van der Waals surface area contributed by atoms with E-state index in [1.807, 2.05) is 18.3 Å². The van der Waals surface area contributed by atoms with Crippen molar-refractivity contribution in [3.05, 3.63) is 35.7 Å². The lowest BCUT2D eigenvalue weighted by atomic mass is 9.90. The second-order valence-electron chi connectivity index (χ2n) is 9.47. The number of pyridine rings is 2. The van der Waals surface area contributed by atoms with Gasteiger partial charge in [-0.05, 0) is 57.6 Å². The third-order valence-electron chi connectivity index (χ3n) is 6.64. The summed E-state index contributed by atoms with van der Waals surface area (Å²) in [7, 11) is 1.74. The number of hydrogen-bond donors (Lipinski definition) is 3. The lowest BCUT2D eigenvalue weighted by Crippen LogP contribution is -2.42. The van der Waals surface area contributed by atoms with Gasteiger partial charge in [0.1, 0.15) is 5.82 Å². The minimum absolute atomic E-state index is 0.211. The Morgan fingerprint density at radius 2 is 1.94 bits per heavy atom. The lowest BCUT2D eigenvalue weighted by molar-refractivity contribution is 0.161. The van der Waals surface area contributed by atoms with Crippen LogP contribution in [0.5, 0.6) is 0 Å².